The first-order valence-electron chi connectivity index (χ1n) is 5.73. The molecular weight excluding hydrogens is 322 g/mol. The van der Waals surface area contributed by atoms with Crippen molar-refractivity contribution in [1.29, 1.82) is 0 Å². The molecule has 1 rings (SSSR count). The van der Waals surface area contributed by atoms with Crippen molar-refractivity contribution in [3.05, 3.63) is 14.7 Å². The number of thiophene rings is 1. The molecule has 3 nitrogen and oxygen atoms in total. The van der Waals surface area contributed by atoms with Gasteiger partial charge in [0, 0.05) is 11.4 Å². The Hall–Kier alpha value is 0.0900. The number of halogens is 1. The summed E-state index contributed by atoms with van der Waals surface area (Å²) < 4.78 is 27.4. The van der Waals surface area contributed by atoms with Gasteiger partial charge in [-0.25, -0.2) is 13.1 Å². The standard InChI is InChI=1S/C11H18BrNO2S2/c1-3-4-5-6-7-13-17(14,15)10-8-11(12)16-9(10)2/h8,13H,3-7H2,1-2H3. The second-order valence-corrected chi connectivity index (χ2v) is 8.30. The second kappa shape index (κ2) is 6.87. The third-order valence-corrected chi connectivity index (χ3v) is 5.72. The van der Waals surface area contributed by atoms with E-state index in [2.05, 4.69) is 27.6 Å². The summed E-state index contributed by atoms with van der Waals surface area (Å²) in [4.78, 5) is 1.21. The quantitative estimate of drug-likeness (QED) is 0.770. The molecule has 0 aliphatic carbocycles. The van der Waals surface area contributed by atoms with Gasteiger partial charge in [0.2, 0.25) is 10.0 Å². The van der Waals surface area contributed by atoms with Gasteiger partial charge in [-0.15, -0.1) is 11.3 Å². The van der Waals surface area contributed by atoms with E-state index in [1.165, 1.54) is 11.3 Å². The number of nitrogens with one attached hydrogen (secondary N) is 1. The lowest BCUT2D eigenvalue weighted by molar-refractivity contribution is 0.573. The minimum Gasteiger partial charge on any atom is -0.211 e. The Bertz CT molecular complexity index is 454. The summed E-state index contributed by atoms with van der Waals surface area (Å²) in [6.07, 6.45) is 4.29. The molecule has 1 N–H and O–H groups in total. The number of unbranched alkanes of at least 4 members (excludes halogenated alkanes) is 3. The molecule has 0 amide bonds. The Kier molecular flexibility index (Phi) is 6.12. The molecule has 1 aromatic rings. The van der Waals surface area contributed by atoms with Gasteiger partial charge in [0.25, 0.3) is 0 Å². The Morgan fingerprint density at radius 2 is 2.06 bits per heavy atom. The minimum absolute atomic E-state index is 0.393. The van der Waals surface area contributed by atoms with Crippen molar-refractivity contribution in [1.82, 2.24) is 4.72 Å². The fourth-order valence-electron chi connectivity index (χ4n) is 1.53. The molecule has 0 aliphatic heterocycles. The fraction of sp³-hybridized carbons (Fsp3) is 0.636. The first-order valence-corrected chi connectivity index (χ1v) is 8.82. The largest absolute Gasteiger partial charge is 0.241 e. The molecule has 0 atom stereocenters. The van der Waals surface area contributed by atoms with Crippen LogP contribution in [0.4, 0.5) is 0 Å². The van der Waals surface area contributed by atoms with E-state index in [1.54, 1.807) is 6.07 Å². The number of hydrogen-bond donors (Lipinski definition) is 1. The van der Waals surface area contributed by atoms with E-state index in [-0.39, 0.29) is 0 Å². The number of rotatable bonds is 7. The maximum atomic E-state index is 12.0. The lowest BCUT2D eigenvalue weighted by Gasteiger charge is -2.05. The van der Waals surface area contributed by atoms with Gasteiger partial charge in [0.1, 0.15) is 0 Å². The van der Waals surface area contributed by atoms with Crippen molar-refractivity contribution in [2.45, 2.75) is 44.4 Å². The van der Waals surface area contributed by atoms with Gasteiger partial charge in [-0.1, -0.05) is 26.2 Å². The molecule has 0 radical (unpaired) electrons. The highest BCUT2D eigenvalue weighted by Crippen LogP contribution is 2.29. The molecule has 0 bridgehead atoms. The third kappa shape index (κ3) is 4.69. The average molecular weight is 340 g/mol. The zero-order valence-corrected chi connectivity index (χ0v) is 13.3. The van der Waals surface area contributed by atoms with Crippen LogP contribution in [-0.4, -0.2) is 15.0 Å². The van der Waals surface area contributed by atoms with E-state index >= 15 is 0 Å². The molecule has 98 valence electrons. The van der Waals surface area contributed by atoms with Crippen molar-refractivity contribution >= 4 is 37.3 Å². The van der Waals surface area contributed by atoms with E-state index in [9.17, 15) is 8.42 Å². The SMILES string of the molecule is CCCCCCNS(=O)(=O)c1cc(Br)sc1C. The first-order chi connectivity index (χ1) is 7.97. The average Bonchev–Trinajstić information content (AvgIpc) is 2.58. The monoisotopic (exact) mass is 339 g/mol. The Labute approximate surface area is 116 Å². The summed E-state index contributed by atoms with van der Waals surface area (Å²) >= 11 is 4.75. The van der Waals surface area contributed by atoms with Gasteiger partial charge in [-0.3, -0.25) is 0 Å². The van der Waals surface area contributed by atoms with Crippen LogP contribution in [0.25, 0.3) is 0 Å². The van der Waals surface area contributed by atoms with Crippen LogP contribution < -0.4 is 4.72 Å². The predicted octanol–water partition coefficient (Wildman–Crippen LogP) is 3.68. The minimum atomic E-state index is -3.33. The molecular formula is C11H18BrNO2S2. The summed E-state index contributed by atoms with van der Waals surface area (Å²) in [5, 5.41) is 0. The Morgan fingerprint density at radius 3 is 2.59 bits per heavy atom. The molecule has 1 aromatic heterocycles. The second-order valence-electron chi connectivity index (χ2n) is 3.93. The number of hydrogen-bond acceptors (Lipinski definition) is 3. The van der Waals surface area contributed by atoms with Crippen molar-refractivity contribution in [2.75, 3.05) is 6.54 Å². The summed E-state index contributed by atoms with van der Waals surface area (Å²) in [6.45, 7) is 4.48. The Morgan fingerprint density at radius 1 is 1.35 bits per heavy atom. The first kappa shape index (κ1) is 15.1. The third-order valence-electron chi connectivity index (χ3n) is 2.45. The zero-order valence-electron chi connectivity index (χ0n) is 10.1. The number of sulfonamides is 1. The van der Waals surface area contributed by atoms with E-state index in [1.807, 2.05) is 6.92 Å². The van der Waals surface area contributed by atoms with Crippen LogP contribution in [-0.2, 0) is 10.0 Å². The smallest absolute Gasteiger partial charge is 0.211 e. The molecule has 17 heavy (non-hydrogen) atoms. The van der Waals surface area contributed by atoms with E-state index in [4.69, 9.17) is 0 Å². The maximum absolute atomic E-state index is 12.0. The van der Waals surface area contributed by atoms with E-state index in [0.717, 1.165) is 34.3 Å². The van der Waals surface area contributed by atoms with E-state index in [0.29, 0.717) is 11.4 Å². The van der Waals surface area contributed by atoms with Crippen LogP contribution >= 0.6 is 27.3 Å². The summed E-state index contributed by atoms with van der Waals surface area (Å²) in [5.41, 5.74) is 0. The zero-order chi connectivity index (χ0) is 12.9. The van der Waals surface area contributed by atoms with Crippen LogP contribution in [0.1, 0.15) is 37.5 Å². The summed E-state index contributed by atoms with van der Waals surface area (Å²) in [6, 6.07) is 1.66. The van der Waals surface area contributed by atoms with Crippen molar-refractivity contribution < 1.29 is 8.42 Å². The lowest BCUT2D eigenvalue weighted by Crippen LogP contribution is -2.24. The van der Waals surface area contributed by atoms with Gasteiger partial charge < -0.3 is 0 Å². The van der Waals surface area contributed by atoms with Crippen molar-refractivity contribution in [3.8, 4) is 0 Å². The van der Waals surface area contributed by atoms with Crippen molar-refractivity contribution in [3.63, 3.8) is 0 Å². The normalized spacial score (nSPS) is 11.9. The van der Waals surface area contributed by atoms with Crippen LogP contribution in [0.3, 0.4) is 0 Å². The van der Waals surface area contributed by atoms with E-state index < -0.39 is 10.0 Å². The number of aryl methyl sites for hydroxylation is 1. The molecule has 0 saturated heterocycles. The fourth-order valence-corrected chi connectivity index (χ4v) is 5.02. The van der Waals surface area contributed by atoms with Crippen molar-refractivity contribution in [2.24, 2.45) is 0 Å². The molecule has 0 fully saturated rings. The maximum Gasteiger partial charge on any atom is 0.241 e. The van der Waals surface area contributed by atoms with Crippen LogP contribution in [0.2, 0.25) is 0 Å². The van der Waals surface area contributed by atoms with Gasteiger partial charge in [0.05, 0.1) is 8.68 Å². The highest BCUT2D eigenvalue weighted by molar-refractivity contribution is 9.11. The highest BCUT2D eigenvalue weighted by atomic mass is 79.9. The predicted molar refractivity (Wildman–Crippen MR) is 76.1 cm³/mol. The molecule has 1 heterocycles. The molecule has 0 saturated carbocycles. The lowest BCUT2D eigenvalue weighted by atomic mass is 10.2. The van der Waals surface area contributed by atoms with Gasteiger partial charge in [-0.05, 0) is 35.3 Å². The molecule has 0 aliphatic rings. The molecule has 0 spiro atoms. The van der Waals surface area contributed by atoms with Crippen LogP contribution in [0.5, 0.6) is 0 Å². The van der Waals surface area contributed by atoms with Crippen LogP contribution in [0.15, 0.2) is 14.7 Å². The van der Waals surface area contributed by atoms with Gasteiger partial charge in [0.15, 0.2) is 0 Å². The highest BCUT2D eigenvalue weighted by Gasteiger charge is 2.18. The molecule has 0 unspecified atom stereocenters. The van der Waals surface area contributed by atoms with Gasteiger partial charge >= 0.3 is 0 Å². The van der Waals surface area contributed by atoms with Gasteiger partial charge in [-0.2, -0.15) is 0 Å². The summed E-state index contributed by atoms with van der Waals surface area (Å²) in [5.74, 6) is 0. The molecule has 0 aromatic carbocycles. The molecule has 6 heteroatoms. The Balaban J connectivity index is 2.54. The van der Waals surface area contributed by atoms with Crippen LogP contribution in [0, 0.1) is 6.92 Å². The topological polar surface area (TPSA) is 46.2 Å². The summed E-state index contributed by atoms with van der Waals surface area (Å²) in [7, 11) is -3.33.